The highest BCUT2D eigenvalue weighted by Crippen LogP contribution is 2.49. The Morgan fingerprint density at radius 1 is 1.26 bits per heavy atom. The lowest BCUT2D eigenvalue weighted by Crippen LogP contribution is -2.42. The van der Waals surface area contributed by atoms with Crippen LogP contribution in [0.15, 0.2) is 30.5 Å². The maximum absolute atomic E-state index is 15.2. The normalized spacial score (nSPS) is 21.7. The molecule has 0 spiro atoms. The highest BCUT2D eigenvalue weighted by atomic mass is 35.5. The summed E-state index contributed by atoms with van der Waals surface area (Å²) in [5, 5.41) is 13.1. The van der Waals surface area contributed by atoms with Crippen molar-refractivity contribution in [1.82, 2.24) is 19.4 Å². The van der Waals surface area contributed by atoms with Crippen molar-refractivity contribution in [2.24, 2.45) is 5.92 Å². The molecule has 1 saturated heterocycles. The number of hydrogen-bond donors (Lipinski definition) is 2. The summed E-state index contributed by atoms with van der Waals surface area (Å²) in [5.74, 6) is -1.28. The number of fused-ring (bicyclic) bond motifs is 4. The van der Waals surface area contributed by atoms with Crippen molar-refractivity contribution in [3.63, 3.8) is 0 Å². The molecule has 1 aliphatic heterocycles. The van der Waals surface area contributed by atoms with E-state index in [-0.39, 0.29) is 40.6 Å². The summed E-state index contributed by atoms with van der Waals surface area (Å²) in [7, 11) is 0. The molecule has 2 unspecified atom stereocenters. The summed E-state index contributed by atoms with van der Waals surface area (Å²) in [5.41, 5.74) is -0.710. The van der Waals surface area contributed by atoms with Crippen LogP contribution in [0.5, 0.6) is 0 Å². The maximum Gasteiger partial charge on any atom is 0.434 e. The van der Waals surface area contributed by atoms with Gasteiger partial charge in [0.25, 0.3) is 0 Å². The van der Waals surface area contributed by atoms with Crippen molar-refractivity contribution in [1.29, 1.82) is 0 Å². The number of rotatable bonds is 5. The Hall–Kier alpha value is -3.67. The summed E-state index contributed by atoms with van der Waals surface area (Å²) < 4.78 is 57.8. The fourth-order valence-corrected chi connectivity index (χ4v) is 5.77. The molecule has 2 N–H and O–H groups in total. The highest BCUT2D eigenvalue weighted by molar-refractivity contribution is 6.29. The van der Waals surface area contributed by atoms with Crippen molar-refractivity contribution in [3.8, 4) is 0 Å². The Labute approximate surface area is 224 Å². The number of carboxylic acids is 1. The molecule has 4 heterocycles. The summed E-state index contributed by atoms with van der Waals surface area (Å²) >= 11 is 5.88. The monoisotopic (exact) mass is 562 g/mol. The van der Waals surface area contributed by atoms with E-state index < -0.39 is 29.6 Å². The molecule has 3 atom stereocenters. The van der Waals surface area contributed by atoms with Gasteiger partial charge >= 0.3 is 12.1 Å². The van der Waals surface area contributed by atoms with Gasteiger partial charge in [-0.05, 0) is 50.5 Å². The van der Waals surface area contributed by atoms with Crippen molar-refractivity contribution < 1.29 is 27.5 Å². The number of imidazole rings is 1. The standard InChI is InChI=1S/C26H23ClF4N6O2/c1-12-7-15(13(2)32-17-3-4-19(27)34-21(17)23(38)39)20-16(8-12)22-33-18(26(29,30)31)10-37(22)24(35-20)36-9-14-5-6-25(14,28)11-36/h3-4,7-8,10,13-14,32H,5-6,9,11H2,1-2H3,(H,38,39)/t13-,14?,25?/m1/s1. The van der Waals surface area contributed by atoms with E-state index in [1.165, 1.54) is 16.5 Å². The van der Waals surface area contributed by atoms with Gasteiger partial charge in [0.1, 0.15) is 16.5 Å². The molecule has 204 valence electrons. The molecule has 0 bridgehead atoms. The molecular formula is C26H23ClF4N6O2. The molecule has 6 rings (SSSR count). The van der Waals surface area contributed by atoms with E-state index in [0.717, 1.165) is 11.8 Å². The molecule has 13 heteroatoms. The van der Waals surface area contributed by atoms with E-state index in [9.17, 15) is 23.1 Å². The number of aromatic carboxylic acids is 1. The van der Waals surface area contributed by atoms with E-state index >= 15 is 4.39 Å². The predicted molar refractivity (Wildman–Crippen MR) is 137 cm³/mol. The van der Waals surface area contributed by atoms with Crippen LogP contribution in [0.3, 0.4) is 0 Å². The largest absolute Gasteiger partial charge is 0.476 e. The van der Waals surface area contributed by atoms with Crippen LogP contribution in [0.1, 0.15) is 53.1 Å². The van der Waals surface area contributed by atoms with Gasteiger partial charge in [0, 0.05) is 29.6 Å². The zero-order valence-corrected chi connectivity index (χ0v) is 21.6. The summed E-state index contributed by atoms with van der Waals surface area (Å²) in [6.07, 6.45) is -2.65. The van der Waals surface area contributed by atoms with Gasteiger partial charge in [0.15, 0.2) is 11.4 Å². The van der Waals surface area contributed by atoms with Crippen LogP contribution in [-0.2, 0) is 6.18 Å². The molecule has 1 saturated carbocycles. The Kier molecular flexibility index (Phi) is 5.69. The minimum atomic E-state index is -4.68. The average Bonchev–Trinajstić information content (AvgIpc) is 3.40. The first kappa shape index (κ1) is 25.6. The van der Waals surface area contributed by atoms with Gasteiger partial charge in [-0.3, -0.25) is 4.40 Å². The Bertz CT molecular complexity index is 1660. The van der Waals surface area contributed by atoms with E-state index in [2.05, 4.69) is 15.3 Å². The maximum atomic E-state index is 15.2. The highest BCUT2D eigenvalue weighted by Gasteiger charge is 2.54. The number of benzene rings is 1. The Balaban J connectivity index is 1.53. The van der Waals surface area contributed by atoms with Gasteiger partial charge < -0.3 is 15.3 Å². The van der Waals surface area contributed by atoms with Gasteiger partial charge in [0.2, 0.25) is 5.95 Å². The molecular weight excluding hydrogens is 540 g/mol. The smallest absolute Gasteiger partial charge is 0.434 e. The van der Waals surface area contributed by atoms with Gasteiger partial charge in [-0.1, -0.05) is 17.7 Å². The second kappa shape index (κ2) is 8.67. The van der Waals surface area contributed by atoms with Crippen molar-refractivity contribution in [2.75, 3.05) is 23.3 Å². The van der Waals surface area contributed by atoms with Crippen LogP contribution < -0.4 is 10.2 Å². The molecule has 0 radical (unpaired) electrons. The van der Waals surface area contributed by atoms with E-state index in [1.807, 2.05) is 6.07 Å². The van der Waals surface area contributed by atoms with Crippen LogP contribution >= 0.6 is 11.6 Å². The number of pyridine rings is 1. The second-order valence-corrected chi connectivity index (χ2v) is 10.7. The first-order valence-corrected chi connectivity index (χ1v) is 12.7. The Morgan fingerprint density at radius 2 is 2.03 bits per heavy atom. The molecule has 2 fully saturated rings. The summed E-state index contributed by atoms with van der Waals surface area (Å²) in [6, 6.07) is 5.94. The first-order chi connectivity index (χ1) is 18.3. The average molecular weight is 563 g/mol. The lowest BCUT2D eigenvalue weighted by molar-refractivity contribution is -0.140. The quantitative estimate of drug-likeness (QED) is 0.225. The third-order valence-electron chi connectivity index (χ3n) is 7.67. The molecule has 8 nitrogen and oxygen atoms in total. The SMILES string of the molecule is Cc1cc([C@@H](C)Nc2ccc(Cl)nc2C(=O)O)c2nc(N3CC4CCC4(F)C3)n3cc(C(F)(F)F)nc3c2c1. The number of hydrogen-bond acceptors (Lipinski definition) is 6. The van der Waals surface area contributed by atoms with Crippen molar-refractivity contribution in [3.05, 3.63) is 58.1 Å². The number of anilines is 2. The molecule has 3 aromatic heterocycles. The van der Waals surface area contributed by atoms with Gasteiger partial charge in [0.05, 0.1) is 23.8 Å². The zero-order chi connectivity index (χ0) is 27.9. The van der Waals surface area contributed by atoms with Crippen molar-refractivity contribution >= 4 is 45.8 Å². The lowest BCUT2D eigenvalue weighted by atomic mass is 9.74. The minimum absolute atomic E-state index is 0.0188. The second-order valence-electron chi connectivity index (χ2n) is 10.3. The number of carboxylic acid groups (broad SMARTS) is 1. The molecule has 1 aromatic carbocycles. The number of nitrogens with zero attached hydrogens (tertiary/aromatic N) is 5. The van der Waals surface area contributed by atoms with Gasteiger partial charge in [-0.25, -0.2) is 24.1 Å². The fraction of sp³-hybridized carbons (Fsp3) is 0.385. The van der Waals surface area contributed by atoms with Crippen LogP contribution in [0, 0.1) is 12.8 Å². The number of aromatic nitrogens is 4. The van der Waals surface area contributed by atoms with Crippen LogP contribution in [0.25, 0.3) is 16.6 Å². The number of alkyl halides is 4. The van der Waals surface area contributed by atoms with Crippen LogP contribution in [0.4, 0.5) is 29.2 Å². The zero-order valence-electron chi connectivity index (χ0n) is 20.9. The molecule has 39 heavy (non-hydrogen) atoms. The Morgan fingerprint density at radius 3 is 2.64 bits per heavy atom. The first-order valence-electron chi connectivity index (χ1n) is 12.3. The van der Waals surface area contributed by atoms with Crippen LogP contribution in [0.2, 0.25) is 5.15 Å². The fourth-order valence-electron chi connectivity index (χ4n) is 5.62. The topological polar surface area (TPSA) is 95.6 Å². The molecule has 0 amide bonds. The lowest BCUT2D eigenvalue weighted by Gasteiger charge is -2.35. The number of nitrogens with one attached hydrogen (secondary N) is 1. The van der Waals surface area contributed by atoms with E-state index in [4.69, 9.17) is 16.6 Å². The molecule has 1 aliphatic carbocycles. The van der Waals surface area contributed by atoms with Crippen LogP contribution in [-0.4, -0.2) is 49.2 Å². The van der Waals surface area contributed by atoms with Gasteiger partial charge in [-0.15, -0.1) is 0 Å². The number of aryl methyl sites for hydroxylation is 1. The predicted octanol–water partition coefficient (Wildman–Crippen LogP) is 6.07. The third kappa shape index (κ3) is 4.21. The number of halogens is 5. The minimum Gasteiger partial charge on any atom is -0.476 e. The third-order valence-corrected chi connectivity index (χ3v) is 7.88. The summed E-state index contributed by atoms with van der Waals surface area (Å²) in [6.45, 7) is 3.96. The van der Waals surface area contributed by atoms with Gasteiger partial charge in [-0.2, -0.15) is 13.2 Å². The molecule has 4 aromatic rings. The summed E-state index contributed by atoms with van der Waals surface area (Å²) in [4.78, 5) is 26.1. The number of carbonyl (C=O) groups is 1. The molecule has 2 aliphatic rings. The van der Waals surface area contributed by atoms with E-state index in [1.54, 1.807) is 24.8 Å². The van der Waals surface area contributed by atoms with Crippen molar-refractivity contribution in [2.45, 2.75) is 44.6 Å². The van der Waals surface area contributed by atoms with E-state index in [0.29, 0.717) is 35.9 Å².